The Morgan fingerprint density at radius 1 is 1.44 bits per heavy atom. The molecule has 1 amide bonds. The Labute approximate surface area is 98.1 Å². The first-order valence-electron chi connectivity index (χ1n) is 6.26. The van der Waals surface area contributed by atoms with E-state index in [-0.39, 0.29) is 11.8 Å². The molecule has 0 radical (unpaired) electrons. The van der Waals surface area contributed by atoms with Gasteiger partial charge in [0.15, 0.2) is 0 Å². The Morgan fingerprint density at radius 2 is 2.19 bits per heavy atom. The summed E-state index contributed by atoms with van der Waals surface area (Å²) >= 11 is 0. The lowest BCUT2D eigenvalue weighted by Gasteiger charge is -2.27. The Balaban J connectivity index is 2.35. The Morgan fingerprint density at radius 3 is 2.69 bits per heavy atom. The van der Waals surface area contributed by atoms with Gasteiger partial charge in [0.05, 0.1) is 6.61 Å². The topological polar surface area (TPSA) is 55.6 Å². The Hall–Kier alpha value is -0.610. The third-order valence-corrected chi connectivity index (χ3v) is 2.88. The molecule has 1 atom stereocenters. The molecule has 0 unspecified atom stereocenters. The summed E-state index contributed by atoms with van der Waals surface area (Å²) in [7, 11) is 0. The minimum absolute atomic E-state index is 0.0933. The van der Waals surface area contributed by atoms with Gasteiger partial charge in [-0.1, -0.05) is 13.8 Å². The van der Waals surface area contributed by atoms with Gasteiger partial charge in [-0.3, -0.25) is 9.63 Å². The van der Waals surface area contributed by atoms with Crippen molar-refractivity contribution in [3.8, 4) is 0 Å². The molecule has 0 aliphatic carbocycles. The van der Waals surface area contributed by atoms with Crippen molar-refractivity contribution in [2.45, 2.75) is 39.5 Å². The van der Waals surface area contributed by atoms with Crippen molar-refractivity contribution >= 4 is 5.91 Å². The van der Waals surface area contributed by atoms with E-state index in [1.807, 2.05) is 0 Å². The summed E-state index contributed by atoms with van der Waals surface area (Å²) in [6.07, 6.45) is 3.63. The fourth-order valence-electron chi connectivity index (χ4n) is 2.07. The molecule has 4 nitrogen and oxygen atoms in total. The van der Waals surface area contributed by atoms with E-state index < -0.39 is 0 Å². The van der Waals surface area contributed by atoms with Gasteiger partial charge in [0.2, 0.25) is 5.91 Å². The van der Waals surface area contributed by atoms with Gasteiger partial charge >= 0.3 is 0 Å². The van der Waals surface area contributed by atoms with E-state index >= 15 is 0 Å². The molecule has 16 heavy (non-hydrogen) atoms. The maximum atomic E-state index is 11.9. The van der Waals surface area contributed by atoms with Crippen LogP contribution in [0.15, 0.2) is 0 Å². The van der Waals surface area contributed by atoms with Crippen molar-refractivity contribution in [3.63, 3.8) is 0 Å². The van der Waals surface area contributed by atoms with E-state index in [0.717, 1.165) is 25.8 Å². The number of rotatable bonds is 5. The smallest absolute Gasteiger partial charge is 0.246 e. The van der Waals surface area contributed by atoms with Gasteiger partial charge < -0.3 is 5.73 Å². The lowest BCUT2D eigenvalue weighted by atomic mass is 9.94. The first kappa shape index (κ1) is 13.5. The summed E-state index contributed by atoms with van der Waals surface area (Å²) < 4.78 is 0. The minimum atomic E-state index is 0.0933. The normalized spacial score (nSPS) is 18.9. The van der Waals surface area contributed by atoms with E-state index in [4.69, 9.17) is 10.6 Å². The predicted molar refractivity (Wildman–Crippen MR) is 63.5 cm³/mol. The highest BCUT2D eigenvalue weighted by molar-refractivity contribution is 5.75. The summed E-state index contributed by atoms with van der Waals surface area (Å²) in [4.78, 5) is 17.2. The molecule has 1 saturated heterocycles. The zero-order valence-electron chi connectivity index (χ0n) is 10.4. The number of hydrogen-bond acceptors (Lipinski definition) is 3. The van der Waals surface area contributed by atoms with E-state index in [1.54, 1.807) is 0 Å². The highest BCUT2D eigenvalue weighted by Gasteiger charge is 2.21. The largest absolute Gasteiger partial charge is 0.330 e. The fourth-order valence-corrected chi connectivity index (χ4v) is 2.07. The maximum Gasteiger partial charge on any atom is 0.246 e. The molecular formula is C12H24N2O2. The highest BCUT2D eigenvalue weighted by atomic mass is 16.7. The average molecular weight is 228 g/mol. The molecule has 0 aromatic heterocycles. The second-order valence-electron chi connectivity index (χ2n) is 4.97. The van der Waals surface area contributed by atoms with Crippen LogP contribution in [-0.2, 0) is 9.63 Å². The molecule has 1 aliphatic rings. The van der Waals surface area contributed by atoms with Crippen LogP contribution in [0.1, 0.15) is 39.5 Å². The molecular weight excluding hydrogens is 204 g/mol. The average Bonchev–Trinajstić information content (AvgIpc) is 2.28. The predicted octanol–water partition coefficient (Wildman–Crippen LogP) is 1.55. The third-order valence-electron chi connectivity index (χ3n) is 2.88. The number of nitrogens with two attached hydrogens (primary N) is 1. The molecule has 1 rings (SSSR count). The lowest BCUT2D eigenvalue weighted by molar-refractivity contribution is -0.198. The molecule has 0 bridgehead atoms. The van der Waals surface area contributed by atoms with E-state index in [1.165, 1.54) is 5.06 Å². The van der Waals surface area contributed by atoms with Crippen molar-refractivity contribution in [3.05, 3.63) is 0 Å². The molecule has 2 N–H and O–H groups in total. The van der Waals surface area contributed by atoms with Gasteiger partial charge in [-0.15, -0.1) is 0 Å². The van der Waals surface area contributed by atoms with Gasteiger partial charge in [0, 0.05) is 13.0 Å². The molecule has 1 fully saturated rings. The third kappa shape index (κ3) is 4.49. The number of hydroxylamine groups is 2. The van der Waals surface area contributed by atoms with Gasteiger partial charge in [0.1, 0.15) is 0 Å². The van der Waals surface area contributed by atoms with Crippen molar-refractivity contribution in [2.75, 3.05) is 19.7 Å². The van der Waals surface area contributed by atoms with Gasteiger partial charge in [-0.25, -0.2) is 5.06 Å². The van der Waals surface area contributed by atoms with Crippen LogP contribution in [0.2, 0.25) is 0 Å². The van der Waals surface area contributed by atoms with E-state index in [0.29, 0.717) is 25.5 Å². The fraction of sp³-hybridized carbons (Fsp3) is 0.917. The molecule has 0 aromatic carbocycles. The second kappa shape index (κ2) is 6.86. The standard InChI is InChI=1S/C12H24N2O2/c1-10(2)7-11(9-13)8-12(15)14-5-3-4-6-16-14/h10-11H,3-9,13H2,1-2H3/t11-/m0/s1. The van der Waals surface area contributed by atoms with E-state index in [9.17, 15) is 4.79 Å². The van der Waals surface area contributed by atoms with Gasteiger partial charge in [0.25, 0.3) is 0 Å². The zero-order chi connectivity index (χ0) is 12.0. The van der Waals surface area contributed by atoms with Crippen LogP contribution in [0.4, 0.5) is 0 Å². The highest BCUT2D eigenvalue weighted by Crippen LogP contribution is 2.17. The molecule has 94 valence electrons. The lowest BCUT2D eigenvalue weighted by Crippen LogP contribution is -2.37. The summed E-state index contributed by atoms with van der Waals surface area (Å²) in [5.41, 5.74) is 5.69. The Bertz CT molecular complexity index is 213. The first-order chi connectivity index (χ1) is 7.63. The zero-order valence-corrected chi connectivity index (χ0v) is 10.4. The molecule has 0 spiro atoms. The SMILES string of the molecule is CC(C)C[C@H](CN)CC(=O)N1CCCCO1. The van der Waals surface area contributed by atoms with Crippen LogP contribution in [0.25, 0.3) is 0 Å². The number of nitrogens with zero attached hydrogens (tertiary/aromatic N) is 1. The van der Waals surface area contributed by atoms with Gasteiger partial charge in [-0.05, 0) is 37.6 Å². The quantitative estimate of drug-likeness (QED) is 0.776. The van der Waals surface area contributed by atoms with Crippen LogP contribution < -0.4 is 5.73 Å². The number of amides is 1. The number of carbonyl (C=O) groups is 1. The second-order valence-corrected chi connectivity index (χ2v) is 4.97. The summed E-state index contributed by atoms with van der Waals surface area (Å²) in [6.45, 7) is 6.30. The monoisotopic (exact) mass is 228 g/mol. The van der Waals surface area contributed by atoms with Crippen LogP contribution in [0.3, 0.4) is 0 Å². The van der Waals surface area contributed by atoms with Crippen molar-refractivity contribution in [1.29, 1.82) is 0 Å². The number of hydrogen-bond donors (Lipinski definition) is 1. The van der Waals surface area contributed by atoms with E-state index in [2.05, 4.69) is 13.8 Å². The molecule has 4 heteroatoms. The van der Waals surface area contributed by atoms with Crippen LogP contribution in [0.5, 0.6) is 0 Å². The maximum absolute atomic E-state index is 11.9. The molecule has 1 heterocycles. The van der Waals surface area contributed by atoms with Crippen molar-refractivity contribution in [1.82, 2.24) is 5.06 Å². The van der Waals surface area contributed by atoms with Crippen LogP contribution in [0, 0.1) is 11.8 Å². The summed E-state index contributed by atoms with van der Waals surface area (Å²) in [5.74, 6) is 0.970. The minimum Gasteiger partial charge on any atom is -0.330 e. The molecule has 0 saturated carbocycles. The molecule has 0 aromatic rings. The van der Waals surface area contributed by atoms with Crippen molar-refractivity contribution in [2.24, 2.45) is 17.6 Å². The number of carbonyl (C=O) groups excluding carboxylic acids is 1. The van der Waals surface area contributed by atoms with Crippen molar-refractivity contribution < 1.29 is 9.63 Å². The summed E-state index contributed by atoms with van der Waals surface area (Å²) in [5, 5.41) is 1.52. The van der Waals surface area contributed by atoms with Crippen LogP contribution in [-0.4, -0.2) is 30.7 Å². The first-order valence-corrected chi connectivity index (χ1v) is 6.26. The van der Waals surface area contributed by atoms with Gasteiger partial charge in [-0.2, -0.15) is 0 Å². The Kier molecular flexibility index (Phi) is 5.77. The van der Waals surface area contributed by atoms with Crippen LogP contribution >= 0.6 is 0 Å². The summed E-state index contributed by atoms with van der Waals surface area (Å²) in [6, 6.07) is 0. The molecule has 1 aliphatic heterocycles.